The van der Waals surface area contributed by atoms with Crippen LogP contribution in [-0.4, -0.2) is 48.1 Å². The zero-order valence-corrected chi connectivity index (χ0v) is 21.9. The molecular weight excluding hydrogens is 518 g/mol. The molecule has 1 aliphatic heterocycles. The van der Waals surface area contributed by atoms with Crippen LogP contribution in [0.4, 0.5) is 17.1 Å². The molecule has 1 aliphatic rings. The minimum atomic E-state index is -0.328. The van der Waals surface area contributed by atoms with Crippen LogP contribution in [0.1, 0.15) is 26.3 Å². The van der Waals surface area contributed by atoms with E-state index in [0.29, 0.717) is 41.5 Å². The molecule has 1 saturated heterocycles. The molecule has 1 fully saturated rings. The Morgan fingerprint density at radius 2 is 1.64 bits per heavy atom. The Morgan fingerprint density at radius 3 is 2.44 bits per heavy atom. The Hall–Kier alpha value is -4.47. The van der Waals surface area contributed by atoms with Gasteiger partial charge in [0.05, 0.1) is 13.2 Å². The van der Waals surface area contributed by atoms with Gasteiger partial charge in [0.25, 0.3) is 11.8 Å². The van der Waals surface area contributed by atoms with E-state index in [4.69, 9.17) is 21.1 Å². The van der Waals surface area contributed by atoms with Gasteiger partial charge in [-0.3, -0.25) is 9.59 Å². The van der Waals surface area contributed by atoms with Gasteiger partial charge >= 0.3 is 0 Å². The first-order valence-electron chi connectivity index (χ1n) is 12.4. The standard InChI is InChI=1S/C29H26ClN5O4/c1-19-8-9-22(33-28(36)20-4-2-6-23(14-20)35-10-12-38-13-11-35)16-25(19)34-29(37)21-5-3-7-24(15-21)39-27-17-26(30)31-18-32-27/h2-9,14-18H,10-13H2,1H3,(H,33,36)(H,34,37). The molecule has 4 aromatic rings. The predicted octanol–water partition coefficient (Wildman–Crippen LogP) is 5.57. The van der Waals surface area contributed by atoms with Crippen molar-refractivity contribution in [1.29, 1.82) is 0 Å². The van der Waals surface area contributed by atoms with Gasteiger partial charge in [-0.15, -0.1) is 0 Å². The van der Waals surface area contributed by atoms with Crippen molar-refractivity contribution in [2.24, 2.45) is 0 Å². The highest BCUT2D eigenvalue weighted by Gasteiger charge is 2.15. The summed E-state index contributed by atoms with van der Waals surface area (Å²) < 4.78 is 11.1. The molecule has 39 heavy (non-hydrogen) atoms. The number of morpholine rings is 1. The van der Waals surface area contributed by atoms with Gasteiger partial charge in [0.15, 0.2) is 0 Å². The van der Waals surface area contributed by atoms with Gasteiger partial charge in [0, 0.05) is 47.3 Å². The molecule has 0 aliphatic carbocycles. The van der Waals surface area contributed by atoms with Crippen LogP contribution in [0.2, 0.25) is 5.15 Å². The fourth-order valence-corrected chi connectivity index (χ4v) is 4.23. The lowest BCUT2D eigenvalue weighted by molar-refractivity contribution is 0.101. The number of hydrogen-bond donors (Lipinski definition) is 2. The first-order valence-corrected chi connectivity index (χ1v) is 12.7. The van der Waals surface area contributed by atoms with Crippen molar-refractivity contribution >= 4 is 40.5 Å². The van der Waals surface area contributed by atoms with Crippen molar-refractivity contribution in [2.75, 3.05) is 41.8 Å². The van der Waals surface area contributed by atoms with Crippen LogP contribution < -0.4 is 20.3 Å². The molecule has 5 rings (SSSR count). The van der Waals surface area contributed by atoms with E-state index in [1.54, 1.807) is 42.5 Å². The fraction of sp³-hybridized carbons (Fsp3) is 0.172. The third kappa shape index (κ3) is 6.70. The van der Waals surface area contributed by atoms with Gasteiger partial charge in [-0.2, -0.15) is 0 Å². The predicted molar refractivity (Wildman–Crippen MR) is 150 cm³/mol. The number of halogens is 1. The maximum atomic E-state index is 13.1. The molecule has 3 aromatic carbocycles. The van der Waals surface area contributed by atoms with E-state index in [9.17, 15) is 9.59 Å². The SMILES string of the molecule is Cc1ccc(NC(=O)c2cccc(N3CCOCC3)c2)cc1NC(=O)c1cccc(Oc2cc(Cl)ncn2)c1. The molecule has 0 spiro atoms. The lowest BCUT2D eigenvalue weighted by Crippen LogP contribution is -2.36. The van der Waals surface area contributed by atoms with Crippen LogP contribution in [0.25, 0.3) is 0 Å². The molecule has 0 unspecified atom stereocenters. The number of aromatic nitrogens is 2. The summed E-state index contributed by atoms with van der Waals surface area (Å²) in [5, 5.41) is 6.11. The lowest BCUT2D eigenvalue weighted by Gasteiger charge is -2.29. The van der Waals surface area contributed by atoms with Crippen molar-refractivity contribution in [3.63, 3.8) is 0 Å². The summed E-state index contributed by atoms with van der Waals surface area (Å²) in [6, 6.07) is 21.1. The molecular formula is C29H26ClN5O4. The summed E-state index contributed by atoms with van der Waals surface area (Å²) in [5.41, 5.74) is 3.91. The highest BCUT2D eigenvalue weighted by Crippen LogP contribution is 2.25. The van der Waals surface area contributed by atoms with E-state index in [1.807, 2.05) is 31.2 Å². The van der Waals surface area contributed by atoms with E-state index in [0.717, 1.165) is 24.3 Å². The summed E-state index contributed by atoms with van der Waals surface area (Å²) in [6.07, 6.45) is 1.30. The number of nitrogens with one attached hydrogen (secondary N) is 2. The topological polar surface area (TPSA) is 106 Å². The summed E-state index contributed by atoms with van der Waals surface area (Å²) in [5.74, 6) is 0.128. The third-order valence-electron chi connectivity index (χ3n) is 6.16. The average Bonchev–Trinajstić information content (AvgIpc) is 2.95. The number of ether oxygens (including phenoxy) is 2. The fourth-order valence-electron chi connectivity index (χ4n) is 4.09. The van der Waals surface area contributed by atoms with Crippen LogP contribution in [0.15, 0.2) is 79.1 Å². The number of anilines is 3. The summed E-state index contributed by atoms with van der Waals surface area (Å²) >= 11 is 5.89. The Morgan fingerprint density at radius 1 is 0.897 bits per heavy atom. The van der Waals surface area contributed by atoms with Crippen molar-refractivity contribution in [1.82, 2.24) is 9.97 Å². The largest absolute Gasteiger partial charge is 0.439 e. The molecule has 2 heterocycles. The normalized spacial score (nSPS) is 13.0. The number of rotatable bonds is 7. The van der Waals surface area contributed by atoms with Gasteiger partial charge in [0.1, 0.15) is 17.2 Å². The molecule has 2 N–H and O–H groups in total. The number of nitrogens with zero attached hydrogens (tertiary/aromatic N) is 3. The monoisotopic (exact) mass is 543 g/mol. The Bertz CT molecular complexity index is 1510. The quantitative estimate of drug-likeness (QED) is 0.293. The van der Waals surface area contributed by atoms with E-state index < -0.39 is 0 Å². The number of hydrogen-bond acceptors (Lipinski definition) is 7. The Labute approximate surface area is 230 Å². The maximum Gasteiger partial charge on any atom is 0.255 e. The molecule has 9 nitrogen and oxygen atoms in total. The second-order valence-electron chi connectivity index (χ2n) is 8.90. The van der Waals surface area contributed by atoms with Gasteiger partial charge in [-0.1, -0.05) is 29.8 Å². The molecule has 198 valence electrons. The van der Waals surface area contributed by atoms with Gasteiger partial charge in [-0.05, 0) is 61.0 Å². The van der Waals surface area contributed by atoms with E-state index in [2.05, 4.69) is 25.5 Å². The molecule has 0 radical (unpaired) electrons. The van der Waals surface area contributed by atoms with Crippen LogP contribution in [0.5, 0.6) is 11.6 Å². The number of amides is 2. The van der Waals surface area contributed by atoms with Crippen LogP contribution >= 0.6 is 11.6 Å². The van der Waals surface area contributed by atoms with Gasteiger partial charge < -0.3 is 25.0 Å². The van der Waals surface area contributed by atoms with Crippen molar-refractivity contribution < 1.29 is 19.1 Å². The number of benzene rings is 3. The van der Waals surface area contributed by atoms with Crippen LogP contribution in [0, 0.1) is 6.92 Å². The number of aryl methyl sites for hydroxylation is 1. The molecule has 0 atom stereocenters. The second-order valence-corrected chi connectivity index (χ2v) is 9.28. The van der Waals surface area contributed by atoms with Crippen LogP contribution in [0.3, 0.4) is 0 Å². The third-order valence-corrected chi connectivity index (χ3v) is 6.36. The molecule has 0 bridgehead atoms. The molecule has 1 aromatic heterocycles. The van der Waals surface area contributed by atoms with Crippen molar-refractivity contribution in [3.8, 4) is 11.6 Å². The molecule has 10 heteroatoms. The maximum absolute atomic E-state index is 13.1. The average molecular weight is 544 g/mol. The first-order chi connectivity index (χ1) is 18.9. The summed E-state index contributed by atoms with van der Waals surface area (Å²) in [4.78, 5) is 36.1. The number of carbonyl (C=O) groups excluding carboxylic acids is 2. The summed E-state index contributed by atoms with van der Waals surface area (Å²) in [7, 11) is 0. The van der Waals surface area contributed by atoms with Crippen molar-refractivity contribution in [2.45, 2.75) is 6.92 Å². The van der Waals surface area contributed by atoms with Gasteiger partial charge in [-0.25, -0.2) is 9.97 Å². The number of carbonyl (C=O) groups is 2. The first kappa shape index (κ1) is 26.1. The molecule has 0 saturated carbocycles. The summed E-state index contributed by atoms with van der Waals surface area (Å²) in [6.45, 7) is 4.79. The Kier molecular flexibility index (Phi) is 8.00. The van der Waals surface area contributed by atoms with Crippen LogP contribution in [-0.2, 0) is 4.74 Å². The zero-order chi connectivity index (χ0) is 27.2. The second kappa shape index (κ2) is 11.9. The van der Waals surface area contributed by atoms with E-state index >= 15 is 0 Å². The Balaban J connectivity index is 1.27. The highest BCUT2D eigenvalue weighted by molar-refractivity contribution is 6.29. The van der Waals surface area contributed by atoms with Crippen molar-refractivity contribution in [3.05, 3.63) is 101 Å². The highest BCUT2D eigenvalue weighted by atomic mass is 35.5. The lowest BCUT2D eigenvalue weighted by atomic mass is 10.1. The van der Waals surface area contributed by atoms with Gasteiger partial charge in [0.2, 0.25) is 5.88 Å². The molecule has 2 amide bonds. The minimum absolute atomic E-state index is 0.235. The van der Waals surface area contributed by atoms with E-state index in [1.165, 1.54) is 12.4 Å². The smallest absolute Gasteiger partial charge is 0.255 e. The zero-order valence-electron chi connectivity index (χ0n) is 21.2. The minimum Gasteiger partial charge on any atom is -0.439 e. The van der Waals surface area contributed by atoms with E-state index in [-0.39, 0.29) is 22.8 Å².